The van der Waals surface area contributed by atoms with E-state index in [4.69, 9.17) is 5.73 Å². The van der Waals surface area contributed by atoms with Gasteiger partial charge in [-0.05, 0) is 24.3 Å². The Morgan fingerprint density at radius 1 is 1.27 bits per heavy atom. The van der Waals surface area contributed by atoms with Crippen LogP contribution in [0.5, 0.6) is 0 Å². The second-order valence-corrected chi connectivity index (χ2v) is 10.3. The van der Waals surface area contributed by atoms with Gasteiger partial charge in [-0.3, -0.25) is 19.1 Å². The van der Waals surface area contributed by atoms with Crippen LogP contribution in [0.2, 0.25) is 0 Å². The van der Waals surface area contributed by atoms with E-state index in [9.17, 15) is 24.3 Å². The van der Waals surface area contributed by atoms with Crippen LogP contribution in [0.3, 0.4) is 0 Å². The number of likely N-dealkylation sites (N-methyl/N-ethyl adjacent to an activating group) is 1. The van der Waals surface area contributed by atoms with Crippen molar-refractivity contribution in [3.05, 3.63) is 39.4 Å². The average molecular weight is 517 g/mol. The number of aromatic nitrogens is 1. The van der Waals surface area contributed by atoms with Crippen LogP contribution in [0.4, 0.5) is 10.1 Å². The molecule has 1 fully saturated rings. The molecule has 0 aliphatic carbocycles. The number of anilines is 1. The quantitative estimate of drug-likeness (QED) is 0.402. The van der Waals surface area contributed by atoms with Crippen molar-refractivity contribution in [3.63, 3.8) is 0 Å². The molecule has 1 aromatic carbocycles. The minimum atomic E-state index is -1.37. The minimum Gasteiger partial charge on any atom is -0.477 e. The molecule has 0 radical (unpaired) electrons. The summed E-state index contributed by atoms with van der Waals surface area (Å²) in [4.78, 5) is 50.9. The Morgan fingerprint density at radius 2 is 1.97 bits per heavy atom. The van der Waals surface area contributed by atoms with Crippen LogP contribution in [0.25, 0.3) is 10.9 Å². The number of pyridine rings is 1. The predicted molar refractivity (Wildman–Crippen MR) is 137 cm³/mol. The number of carboxylic acids is 1. The Labute approximate surface area is 213 Å². The SMILES string of the molecule is CC(C)C(N)C(=O)NCC(=O)N[C@@H]1CN(c2c(F)cc3c(=O)c(C(=O)O)cn4c3c2CCN4C)C[C@@H]1C. The van der Waals surface area contributed by atoms with Crippen LogP contribution < -0.4 is 31.7 Å². The van der Waals surface area contributed by atoms with Crippen molar-refractivity contribution in [1.29, 1.82) is 0 Å². The molecule has 1 unspecified atom stereocenters. The normalized spacial score (nSPS) is 19.9. The van der Waals surface area contributed by atoms with Gasteiger partial charge in [0.25, 0.3) is 0 Å². The van der Waals surface area contributed by atoms with E-state index in [1.807, 2.05) is 25.7 Å². The van der Waals surface area contributed by atoms with Gasteiger partial charge in [-0.25, -0.2) is 9.18 Å². The van der Waals surface area contributed by atoms with Gasteiger partial charge in [0, 0.05) is 38.4 Å². The third-order valence-corrected chi connectivity index (χ3v) is 7.30. The van der Waals surface area contributed by atoms with Crippen LogP contribution in [0.1, 0.15) is 36.7 Å². The third kappa shape index (κ3) is 4.85. The molecular formula is C25H33FN6O5. The number of halogens is 1. The van der Waals surface area contributed by atoms with E-state index in [1.54, 1.807) is 16.7 Å². The number of rotatable bonds is 7. The lowest BCUT2D eigenvalue weighted by Crippen LogP contribution is -2.49. The summed E-state index contributed by atoms with van der Waals surface area (Å²) >= 11 is 0. The molecule has 2 aromatic rings. The molecule has 1 aromatic heterocycles. The number of hydrogen-bond acceptors (Lipinski definition) is 7. The maximum Gasteiger partial charge on any atom is 0.341 e. The van der Waals surface area contributed by atoms with Gasteiger partial charge >= 0.3 is 5.97 Å². The molecule has 37 heavy (non-hydrogen) atoms. The Bertz CT molecular complexity index is 1330. The van der Waals surface area contributed by atoms with E-state index in [1.165, 1.54) is 6.20 Å². The van der Waals surface area contributed by atoms with Crippen LogP contribution in [-0.2, 0) is 16.0 Å². The number of nitrogens with two attached hydrogens (primary N) is 1. The number of nitrogens with zero attached hydrogens (tertiary/aromatic N) is 3. The number of benzene rings is 1. The molecule has 5 N–H and O–H groups in total. The zero-order chi connectivity index (χ0) is 27.2. The van der Waals surface area contributed by atoms with Gasteiger partial charge < -0.3 is 31.4 Å². The lowest BCUT2D eigenvalue weighted by atomic mass is 9.99. The molecule has 1 saturated heterocycles. The zero-order valence-corrected chi connectivity index (χ0v) is 21.4. The summed E-state index contributed by atoms with van der Waals surface area (Å²) in [6, 6.07) is 0.126. The topological polar surface area (TPSA) is 150 Å². The molecule has 4 rings (SSSR count). The highest BCUT2D eigenvalue weighted by molar-refractivity contribution is 5.96. The van der Waals surface area contributed by atoms with Crippen LogP contribution in [0, 0.1) is 17.7 Å². The van der Waals surface area contributed by atoms with E-state index in [0.717, 1.165) is 6.07 Å². The Hall–Kier alpha value is -3.67. The number of aromatic carboxylic acids is 1. The maximum atomic E-state index is 15.6. The van der Waals surface area contributed by atoms with Crippen molar-refractivity contribution in [3.8, 4) is 0 Å². The largest absolute Gasteiger partial charge is 0.477 e. The van der Waals surface area contributed by atoms with E-state index in [-0.39, 0.29) is 35.7 Å². The van der Waals surface area contributed by atoms with E-state index < -0.39 is 34.7 Å². The van der Waals surface area contributed by atoms with Crippen molar-refractivity contribution in [2.24, 2.45) is 17.6 Å². The minimum absolute atomic E-state index is 0.0114. The van der Waals surface area contributed by atoms with Gasteiger partial charge in [0.1, 0.15) is 11.4 Å². The molecule has 2 amide bonds. The first-order valence-corrected chi connectivity index (χ1v) is 12.3. The number of amides is 2. The standard InChI is InChI=1S/C25H33FN6O5/c1-12(2)20(27)24(35)28-8-19(33)29-18-11-31(9-13(18)3)22-14-5-6-30(4)32-10-16(25(36)37)23(34)15(21(14)32)7-17(22)26/h7,10,12-13,18,20H,5-6,8-9,11,27H2,1-4H3,(H,28,35)(H,29,33)(H,36,37)/t13-,18+,20?/m0/s1. The Morgan fingerprint density at radius 3 is 2.62 bits per heavy atom. The fraction of sp³-hybridized carbons (Fsp3) is 0.520. The molecule has 200 valence electrons. The molecule has 11 nitrogen and oxygen atoms in total. The highest BCUT2D eigenvalue weighted by atomic mass is 19.1. The van der Waals surface area contributed by atoms with Crippen molar-refractivity contribution < 1.29 is 23.9 Å². The molecule has 2 aliphatic rings. The highest BCUT2D eigenvalue weighted by Crippen LogP contribution is 2.36. The molecule has 3 atom stereocenters. The molecule has 0 saturated carbocycles. The Kier molecular flexibility index (Phi) is 7.13. The summed E-state index contributed by atoms with van der Waals surface area (Å²) in [6.07, 6.45) is 1.75. The summed E-state index contributed by atoms with van der Waals surface area (Å²) < 4.78 is 17.2. The first-order chi connectivity index (χ1) is 17.4. The van der Waals surface area contributed by atoms with Crippen molar-refractivity contribution >= 4 is 34.4 Å². The average Bonchev–Trinajstić information content (AvgIpc) is 3.19. The van der Waals surface area contributed by atoms with E-state index >= 15 is 4.39 Å². The number of carbonyl (C=O) groups excluding carboxylic acids is 2. The number of carbonyl (C=O) groups is 3. The summed E-state index contributed by atoms with van der Waals surface area (Å²) in [6.45, 7) is 6.70. The summed E-state index contributed by atoms with van der Waals surface area (Å²) in [5, 5.41) is 16.8. The monoisotopic (exact) mass is 516 g/mol. The number of carboxylic acid groups (broad SMARTS) is 1. The first kappa shape index (κ1) is 26.4. The second kappa shape index (κ2) is 10.0. The summed E-state index contributed by atoms with van der Waals surface area (Å²) in [5.41, 5.74) is 6.16. The molecular weight excluding hydrogens is 483 g/mol. The fourth-order valence-electron chi connectivity index (χ4n) is 5.07. The van der Waals surface area contributed by atoms with Crippen LogP contribution in [0.15, 0.2) is 17.1 Å². The van der Waals surface area contributed by atoms with E-state index in [0.29, 0.717) is 42.8 Å². The molecule has 0 spiro atoms. The predicted octanol–water partition coefficient (Wildman–Crippen LogP) is 0.00310. The summed E-state index contributed by atoms with van der Waals surface area (Å²) in [5.74, 6) is -2.80. The highest BCUT2D eigenvalue weighted by Gasteiger charge is 2.35. The van der Waals surface area contributed by atoms with Gasteiger partial charge in [0.15, 0.2) is 0 Å². The Balaban J connectivity index is 1.59. The van der Waals surface area contributed by atoms with Crippen molar-refractivity contribution in [2.75, 3.05) is 43.1 Å². The molecule has 3 heterocycles. The zero-order valence-electron chi connectivity index (χ0n) is 21.4. The first-order valence-electron chi connectivity index (χ1n) is 12.3. The number of hydrogen-bond donors (Lipinski definition) is 4. The van der Waals surface area contributed by atoms with Gasteiger partial charge in [-0.1, -0.05) is 20.8 Å². The lowest BCUT2D eigenvalue weighted by molar-refractivity contribution is -0.127. The number of nitrogens with one attached hydrogen (secondary N) is 2. The smallest absolute Gasteiger partial charge is 0.341 e. The van der Waals surface area contributed by atoms with Gasteiger partial charge in [0.05, 0.1) is 35.2 Å². The van der Waals surface area contributed by atoms with Crippen LogP contribution >= 0.6 is 0 Å². The molecule has 12 heteroatoms. The van der Waals surface area contributed by atoms with Crippen LogP contribution in [-0.4, -0.2) is 72.9 Å². The molecule has 0 bridgehead atoms. The van der Waals surface area contributed by atoms with Crippen molar-refractivity contribution in [1.82, 2.24) is 15.3 Å². The lowest BCUT2D eigenvalue weighted by Gasteiger charge is -2.33. The third-order valence-electron chi connectivity index (χ3n) is 7.30. The maximum absolute atomic E-state index is 15.6. The fourth-order valence-corrected chi connectivity index (χ4v) is 5.07. The van der Waals surface area contributed by atoms with Gasteiger partial charge in [-0.2, -0.15) is 0 Å². The van der Waals surface area contributed by atoms with E-state index in [2.05, 4.69) is 10.6 Å². The van der Waals surface area contributed by atoms with Gasteiger partial charge in [-0.15, -0.1) is 0 Å². The van der Waals surface area contributed by atoms with Crippen molar-refractivity contribution in [2.45, 2.75) is 39.3 Å². The summed E-state index contributed by atoms with van der Waals surface area (Å²) in [7, 11) is 1.78. The molecule has 2 aliphatic heterocycles. The van der Waals surface area contributed by atoms with Gasteiger partial charge in [0.2, 0.25) is 17.2 Å². The second-order valence-electron chi connectivity index (χ2n) is 10.3.